The van der Waals surface area contributed by atoms with Gasteiger partial charge in [0.25, 0.3) is 30.4 Å². The van der Waals surface area contributed by atoms with Crippen molar-refractivity contribution in [2.75, 3.05) is 25.3 Å². The molecule has 0 aromatic rings. The van der Waals surface area contributed by atoms with Gasteiger partial charge in [-0.2, -0.15) is 25.3 Å². The van der Waals surface area contributed by atoms with Gasteiger partial charge < -0.3 is 10.8 Å². The van der Waals surface area contributed by atoms with Crippen LogP contribution in [-0.2, 0) is 35.1 Å². The zero-order valence-corrected chi connectivity index (χ0v) is 14.5. The van der Waals surface area contributed by atoms with Gasteiger partial charge in [-0.25, -0.2) is 0 Å². The summed E-state index contributed by atoms with van der Waals surface area (Å²) in [5.74, 6) is -0.773. The molecular formula is C7H21NO11S3. The molecule has 0 spiro atoms. The Morgan fingerprint density at radius 2 is 1.00 bits per heavy atom. The quantitative estimate of drug-likeness (QED) is 0.340. The second-order valence-corrected chi connectivity index (χ2v) is 7.88. The summed E-state index contributed by atoms with van der Waals surface area (Å²) in [7, 11) is -11.0. The van der Waals surface area contributed by atoms with Crippen molar-refractivity contribution in [2.45, 2.75) is 12.8 Å². The van der Waals surface area contributed by atoms with Crippen LogP contribution in [0.3, 0.4) is 0 Å². The Bertz CT molecular complexity index is 480. The number of rotatable bonds is 3. The molecule has 0 aromatic heterocycles. The van der Waals surface area contributed by atoms with Crippen LogP contribution in [0.1, 0.15) is 12.8 Å². The number of carboxylic acids is 1. The Morgan fingerprint density at radius 1 is 0.818 bits per heavy atom. The Labute approximate surface area is 129 Å². The van der Waals surface area contributed by atoms with Gasteiger partial charge in [-0.15, -0.1) is 0 Å². The molecule has 0 bridgehead atoms. The van der Waals surface area contributed by atoms with Crippen molar-refractivity contribution in [3.63, 3.8) is 0 Å². The Hall–Kier alpha value is -0.840. The van der Waals surface area contributed by atoms with E-state index in [1.54, 1.807) is 0 Å². The first kappa shape index (κ1) is 29.2. The molecule has 0 aliphatic rings. The summed E-state index contributed by atoms with van der Waals surface area (Å²) in [6.07, 6.45) is 2.92. The first-order valence-corrected chi connectivity index (χ1v) is 10.5. The van der Waals surface area contributed by atoms with E-state index in [4.69, 9.17) is 24.5 Å². The van der Waals surface area contributed by atoms with Crippen LogP contribution in [0.4, 0.5) is 0 Å². The first-order valence-electron chi connectivity index (χ1n) is 4.96. The topological polar surface area (TPSA) is 226 Å². The minimum absolute atomic E-state index is 0.191. The number of nitrogens with two attached hydrogens (primary N) is 1. The SMILES string of the molecule is CS(=O)(=O)O.CS(=O)(=O)O.CS(=O)(=O)O.NCCCC(=O)O. The lowest BCUT2D eigenvalue weighted by Gasteiger charge is -1.86. The van der Waals surface area contributed by atoms with Gasteiger partial charge in [-0.1, -0.05) is 0 Å². The van der Waals surface area contributed by atoms with Crippen molar-refractivity contribution in [2.24, 2.45) is 5.73 Å². The van der Waals surface area contributed by atoms with Crippen LogP contribution in [0.2, 0.25) is 0 Å². The van der Waals surface area contributed by atoms with Gasteiger partial charge in [0.15, 0.2) is 0 Å². The average molecular weight is 391 g/mol. The third-order valence-corrected chi connectivity index (χ3v) is 0.595. The van der Waals surface area contributed by atoms with E-state index in [2.05, 4.69) is 0 Å². The smallest absolute Gasteiger partial charge is 0.303 e. The summed E-state index contributed by atoms with van der Waals surface area (Å²) in [4.78, 5) is 9.70. The number of carboxylic acid groups (broad SMARTS) is 1. The third kappa shape index (κ3) is 633. The van der Waals surface area contributed by atoms with Crippen LogP contribution >= 0.6 is 0 Å². The van der Waals surface area contributed by atoms with Crippen LogP contribution in [0.5, 0.6) is 0 Å². The van der Waals surface area contributed by atoms with Crippen molar-refractivity contribution in [3.8, 4) is 0 Å². The molecule has 15 heteroatoms. The van der Waals surface area contributed by atoms with E-state index in [9.17, 15) is 30.0 Å². The molecule has 0 aromatic carbocycles. The van der Waals surface area contributed by atoms with E-state index in [1.165, 1.54) is 0 Å². The molecule has 0 rings (SSSR count). The van der Waals surface area contributed by atoms with Crippen LogP contribution in [0.25, 0.3) is 0 Å². The largest absolute Gasteiger partial charge is 0.481 e. The molecule has 12 nitrogen and oxygen atoms in total. The molecule has 0 saturated heterocycles. The van der Waals surface area contributed by atoms with Crippen molar-refractivity contribution < 1.29 is 48.8 Å². The maximum Gasteiger partial charge on any atom is 0.303 e. The molecule has 0 atom stereocenters. The standard InChI is InChI=1S/C4H9NO2.3CH4O3S/c5-3-1-2-4(6)7;3*1-5(2,3)4/h1-3,5H2,(H,6,7);3*1H3,(H,2,3,4). The summed E-state index contributed by atoms with van der Waals surface area (Å²) < 4.78 is 77.6. The summed E-state index contributed by atoms with van der Waals surface area (Å²) in [5, 5.41) is 7.99. The fourth-order valence-corrected chi connectivity index (χ4v) is 0.253. The molecule has 138 valence electrons. The van der Waals surface area contributed by atoms with Crippen LogP contribution in [-0.4, -0.2) is 75.3 Å². The van der Waals surface area contributed by atoms with Crippen LogP contribution in [0, 0.1) is 0 Å². The third-order valence-electron chi connectivity index (χ3n) is 0.595. The zero-order chi connectivity index (χ0) is 19.2. The fraction of sp³-hybridized carbons (Fsp3) is 0.857. The highest BCUT2D eigenvalue weighted by molar-refractivity contribution is 7.85. The molecule has 0 heterocycles. The zero-order valence-electron chi connectivity index (χ0n) is 12.1. The summed E-state index contributed by atoms with van der Waals surface area (Å²) in [6.45, 7) is 0.465. The number of carbonyl (C=O) groups is 1. The lowest BCUT2D eigenvalue weighted by molar-refractivity contribution is -0.137. The minimum atomic E-state index is -3.67. The predicted molar refractivity (Wildman–Crippen MR) is 78.3 cm³/mol. The monoisotopic (exact) mass is 391 g/mol. The molecule has 0 aliphatic heterocycles. The first-order chi connectivity index (χ1) is 9.27. The maximum absolute atomic E-state index is 9.70. The van der Waals surface area contributed by atoms with Gasteiger partial charge >= 0.3 is 5.97 Å². The molecule has 0 aliphatic carbocycles. The molecule has 6 N–H and O–H groups in total. The van der Waals surface area contributed by atoms with E-state index in [-0.39, 0.29) is 6.42 Å². The molecule has 22 heavy (non-hydrogen) atoms. The second kappa shape index (κ2) is 13.8. The van der Waals surface area contributed by atoms with Crippen molar-refractivity contribution in [1.29, 1.82) is 0 Å². The normalized spacial score (nSPS) is 10.7. The second-order valence-electron chi connectivity index (χ2n) is 3.49. The van der Waals surface area contributed by atoms with Gasteiger partial charge in [0.2, 0.25) is 0 Å². The average Bonchev–Trinajstić information content (AvgIpc) is 2.05. The highest BCUT2D eigenvalue weighted by Gasteiger charge is 1.91. The lowest BCUT2D eigenvalue weighted by atomic mass is 10.3. The number of hydrogen-bond acceptors (Lipinski definition) is 8. The number of hydrogen-bond donors (Lipinski definition) is 5. The summed E-state index contributed by atoms with van der Waals surface area (Å²) in [6, 6.07) is 0. The Balaban J connectivity index is -0.0000000995. The van der Waals surface area contributed by atoms with Crippen LogP contribution < -0.4 is 5.73 Å². The lowest BCUT2D eigenvalue weighted by Crippen LogP contribution is -2.02. The van der Waals surface area contributed by atoms with Crippen molar-refractivity contribution in [1.82, 2.24) is 0 Å². The van der Waals surface area contributed by atoms with Gasteiger partial charge in [-0.05, 0) is 13.0 Å². The molecular weight excluding hydrogens is 370 g/mol. The summed E-state index contributed by atoms with van der Waals surface area (Å²) >= 11 is 0. The Morgan fingerprint density at radius 3 is 1.05 bits per heavy atom. The summed E-state index contributed by atoms with van der Waals surface area (Å²) in [5.41, 5.74) is 5.01. The van der Waals surface area contributed by atoms with Crippen molar-refractivity contribution in [3.05, 3.63) is 0 Å². The van der Waals surface area contributed by atoms with E-state index in [0.29, 0.717) is 31.7 Å². The van der Waals surface area contributed by atoms with Crippen molar-refractivity contribution >= 4 is 36.3 Å². The van der Waals surface area contributed by atoms with E-state index in [1.807, 2.05) is 0 Å². The molecule has 0 radical (unpaired) electrons. The number of aliphatic carboxylic acids is 1. The Kier molecular flexibility index (Phi) is 18.3. The van der Waals surface area contributed by atoms with Crippen LogP contribution in [0.15, 0.2) is 0 Å². The molecule has 0 saturated carbocycles. The molecule has 0 amide bonds. The molecule has 0 fully saturated rings. The molecule has 0 unspecified atom stereocenters. The minimum Gasteiger partial charge on any atom is -0.481 e. The van der Waals surface area contributed by atoms with Gasteiger partial charge in [0.1, 0.15) is 0 Å². The predicted octanol–water partition coefficient (Wildman–Crippen LogP) is -1.68. The van der Waals surface area contributed by atoms with E-state index < -0.39 is 36.3 Å². The van der Waals surface area contributed by atoms with Gasteiger partial charge in [0.05, 0.1) is 18.8 Å². The fourth-order valence-electron chi connectivity index (χ4n) is 0.253. The van der Waals surface area contributed by atoms with Gasteiger partial charge in [-0.3, -0.25) is 18.5 Å². The van der Waals surface area contributed by atoms with E-state index in [0.717, 1.165) is 0 Å². The van der Waals surface area contributed by atoms with Gasteiger partial charge in [0, 0.05) is 6.42 Å². The highest BCUT2D eigenvalue weighted by Crippen LogP contribution is 1.82. The highest BCUT2D eigenvalue weighted by atomic mass is 32.2. The van der Waals surface area contributed by atoms with E-state index >= 15 is 0 Å². The maximum atomic E-state index is 9.70.